The summed E-state index contributed by atoms with van der Waals surface area (Å²) in [4.78, 5) is 25.1. The first kappa shape index (κ1) is 16.3. The third-order valence-corrected chi connectivity index (χ3v) is 8.55. The van der Waals surface area contributed by atoms with Crippen LogP contribution in [0.1, 0.15) is 65.2 Å². The molecule has 0 saturated heterocycles. The molecule has 6 atom stereocenters. The zero-order chi connectivity index (χ0) is 17.5. The van der Waals surface area contributed by atoms with Gasteiger partial charge in [-0.05, 0) is 69.1 Å². The predicted molar refractivity (Wildman–Crippen MR) is 89.3 cm³/mol. The average Bonchev–Trinajstić information content (AvgIpc) is 2.64. The van der Waals surface area contributed by atoms with Gasteiger partial charge in [0.2, 0.25) is 0 Å². The first-order chi connectivity index (χ1) is 11.1. The molecule has 4 fully saturated rings. The molecule has 2 bridgehead atoms. The number of hydrogen-bond donors (Lipinski definition) is 2. The topological polar surface area (TPSA) is 74.6 Å². The van der Waals surface area contributed by atoms with Crippen molar-refractivity contribution in [1.82, 2.24) is 0 Å². The maximum atomic E-state index is 13.1. The van der Waals surface area contributed by atoms with Crippen LogP contribution in [0, 0.1) is 28.1 Å². The Morgan fingerprint density at radius 2 is 1.79 bits per heavy atom. The van der Waals surface area contributed by atoms with Crippen LogP contribution in [0.15, 0.2) is 12.2 Å². The van der Waals surface area contributed by atoms with Crippen molar-refractivity contribution in [2.24, 2.45) is 28.1 Å². The van der Waals surface area contributed by atoms with E-state index in [0.29, 0.717) is 24.8 Å². The summed E-state index contributed by atoms with van der Waals surface area (Å²) in [6.45, 7) is 8.06. The van der Waals surface area contributed by atoms with E-state index in [2.05, 4.69) is 13.5 Å². The molecule has 4 aliphatic rings. The Morgan fingerprint density at radius 3 is 2.46 bits per heavy atom. The summed E-state index contributed by atoms with van der Waals surface area (Å²) in [6.07, 6.45) is 6.01. The van der Waals surface area contributed by atoms with Crippen molar-refractivity contribution in [3.05, 3.63) is 12.2 Å². The van der Waals surface area contributed by atoms with E-state index >= 15 is 0 Å². The second kappa shape index (κ2) is 4.51. The summed E-state index contributed by atoms with van der Waals surface area (Å²) < 4.78 is 0. The van der Waals surface area contributed by atoms with Crippen molar-refractivity contribution in [2.75, 3.05) is 0 Å². The van der Waals surface area contributed by atoms with Crippen LogP contribution in [0.2, 0.25) is 0 Å². The van der Waals surface area contributed by atoms with Crippen molar-refractivity contribution in [1.29, 1.82) is 0 Å². The third-order valence-electron chi connectivity index (χ3n) is 8.55. The van der Waals surface area contributed by atoms with Gasteiger partial charge in [-0.2, -0.15) is 0 Å². The molecule has 1 spiro atoms. The number of ketones is 1. The quantitative estimate of drug-likeness (QED) is 0.722. The average molecular weight is 332 g/mol. The van der Waals surface area contributed by atoms with Crippen molar-refractivity contribution in [3.8, 4) is 0 Å². The maximum Gasteiger partial charge on any atom is 0.309 e. The number of fused-ring (bicyclic) bond motifs is 3. The van der Waals surface area contributed by atoms with E-state index in [4.69, 9.17) is 0 Å². The molecular formula is C20H28O4. The maximum absolute atomic E-state index is 13.1. The lowest BCUT2D eigenvalue weighted by molar-refractivity contribution is -0.187. The minimum Gasteiger partial charge on any atom is -0.481 e. The number of carbonyl (C=O) groups is 2. The molecule has 0 aromatic carbocycles. The molecule has 24 heavy (non-hydrogen) atoms. The lowest BCUT2D eigenvalue weighted by Crippen LogP contribution is -2.60. The second-order valence-corrected chi connectivity index (χ2v) is 9.44. The fourth-order valence-corrected chi connectivity index (χ4v) is 7.37. The number of rotatable bonds is 1. The molecule has 4 rings (SSSR count). The van der Waals surface area contributed by atoms with Gasteiger partial charge in [-0.15, -0.1) is 0 Å². The lowest BCUT2D eigenvalue weighted by Gasteiger charge is -2.62. The van der Waals surface area contributed by atoms with Crippen molar-refractivity contribution in [2.45, 2.75) is 70.8 Å². The van der Waals surface area contributed by atoms with Crippen LogP contribution in [-0.4, -0.2) is 27.6 Å². The zero-order valence-corrected chi connectivity index (χ0v) is 14.7. The summed E-state index contributed by atoms with van der Waals surface area (Å²) in [5.41, 5.74) is -1.93. The normalized spacial score (nSPS) is 53.5. The molecule has 4 heteroatoms. The van der Waals surface area contributed by atoms with E-state index in [1.807, 2.05) is 6.92 Å². The molecule has 132 valence electrons. The van der Waals surface area contributed by atoms with E-state index in [1.54, 1.807) is 0 Å². The number of Topliss-reactive ketones (excluding diaryl/α,β-unsaturated/α-hetero) is 1. The SMILES string of the molecule is C=C1C(=O)C23CC[C@@H]4C(C)(C(=O)O)CCCC4(C)[C@@H]2CCC1(O)C3. The molecule has 4 aliphatic carbocycles. The van der Waals surface area contributed by atoms with Crippen LogP contribution >= 0.6 is 0 Å². The van der Waals surface area contributed by atoms with Gasteiger partial charge in [0.15, 0.2) is 5.78 Å². The Kier molecular flexibility index (Phi) is 3.07. The second-order valence-electron chi connectivity index (χ2n) is 9.44. The fourth-order valence-electron chi connectivity index (χ4n) is 7.37. The molecule has 0 aromatic heterocycles. The number of carbonyl (C=O) groups excluding carboxylic acids is 1. The molecule has 4 nitrogen and oxygen atoms in total. The summed E-state index contributed by atoms with van der Waals surface area (Å²) in [6, 6.07) is 0. The van der Waals surface area contributed by atoms with Gasteiger partial charge in [0.1, 0.15) is 0 Å². The standard InChI is InChI=1S/C20H28O4/c1-12-15(21)19-9-5-13-17(2,7-4-8-18(13,3)16(22)23)14(19)6-10-20(12,24)11-19/h13-14,24H,1,4-11H2,2-3H3,(H,22,23)/t13-,14-,17?,18?,19?,20?/m0/s1. The van der Waals surface area contributed by atoms with Crippen LogP contribution in [0.25, 0.3) is 0 Å². The monoisotopic (exact) mass is 332 g/mol. The highest BCUT2D eigenvalue weighted by atomic mass is 16.4. The number of aliphatic hydroxyl groups is 1. The summed E-state index contributed by atoms with van der Waals surface area (Å²) in [7, 11) is 0. The highest BCUT2D eigenvalue weighted by Gasteiger charge is 2.70. The van der Waals surface area contributed by atoms with Crippen molar-refractivity contribution in [3.63, 3.8) is 0 Å². The van der Waals surface area contributed by atoms with Gasteiger partial charge in [-0.3, -0.25) is 9.59 Å². The summed E-state index contributed by atoms with van der Waals surface area (Å²) in [5.74, 6) is -0.340. The van der Waals surface area contributed by atoms with Gasteiger partial charge in [-0.1, -0.05) is 19.9 Å². The molecule has 4 unspecified atom stereocenters. The Balaban J connectivity index is 1.80. The molecule has 0 radical (unpaired) electrons. The van der Waals surface area contributed by atoms with E-state index in [9.17, 15) is 19.8 Å². The molecule has 4 saturated carbocycles. The minimum absolute atomic E-state index is 0.0646. The summed E-state index contributed by atoms with van der Waals surface area (Å²) >= 11 is 0. The van der Waals surface area contributed by atoms with Gasteiger partial charge < -0.3 is 10.2 Å². The van der Waals surface area contributed by atoms with Crippen LogP contribution in [0.3, 0.4) is 0 Å². The first-order valence-electron chi connectivity index (χ1n) is 9.30. The third kappa shape index (κ3) is 1.63. The number of hydrogen-bond acceptors (Lipinski definition) is 3. The Bertz CT molecular complexity index is 654. The van der Waals surface area contributed by atoms with Gasteiger partial charge in [0.05, 0.1) is 11.0 Å². The van der Waals surface area contributed by atoms with Crippen molar-refractivity contribution < 1.29 is 19.8 Å². The number of carboxylic acid groups (broad SMARTS) is 1. The molecule has 0 heterocycles. The fraction of sp³-hybridized carbons (Fsp3) is 0.800. The Hall–Kier alpha value is -1.16. The largest absolute Gasteiger partial charge is 0.481 e. The predicted octanol–water partition coefficient (Wildman–Crippen LogP) is 3.33. The number of aliphatic carboxylic acids is 1. The number of carboxylic acids is 1. The van der Waals surface area contributed by atoms with E-state index in [-0.39, 0.29) is 23.0 Å². The molecule has 0 aromatic rings. The highest BCUT2D eigenvalue weighted by Crippen LogP contribution is 2.71. The van der Waals surface area contributed by atoms with Crippen LogP contribution < -0.4 is 0 Å². The lowest BCUT2D eigenvalue weighted by atomic mass is 9.40. The first-order valence-corrected chi connectivity index (χ1v) is 9.30. The van der Waals surface area contributed by atoms with E-state index in [1.165, 1.54) is 0 Å². The summed E-state index contributed by atoms with van der Waals surface area (Å²) in [5, 5.41) is 20.7. The van der Waals surface area contributed by atoms with Gasteiger partial charge in [0.25, 0.3) is 0 Å². The molecule has 0 aliphatic heterocycles. The smallest absolute Gasteiger partial charge is 0.309 e. The Morgan fingerprint density at radius 1 is 1.12 bits per heavy atom. The molecule has 0 amide bonds. The minimum atomic E-state index is -1.01. The van der Waals surface area contributed by atoms with E-state index < -0.39 is 22.4 Å². The van der Waals surface area contributed by atoms with Crippen molar-refractivity contribution >= 4 is 11.8 Å². The van der Waals surface area contributed by atoms with Crippen LogP contribution in [0.4, 0.5) is 0 Å². The molecule has 2 N–H and O–H groups in total. The zero-order valence-electron chi connectivity index (χ0n) is 14.7. The van der Waals surface area contributed by atoms with Gasteiger partial charge in [0, 0.05) is 11.0 Å². The highest BCUT2D eigenvalue weighted by molar-refractivity contribution is 6.04. The van der Waals surface area contributed by atoms with Crippen LogP contribution in [-0.2, 0) is 9.59 Å². The van der Waals surface area contributed by atoms with E-state index in [0.717, 1.165) is 32.1 Å². The van der Waals surface area contributed by atoms with Gasteiger partial charge in [-0.25, -0.2) is 0 Å². The van der Waals surface area contributed by atoms with Gasteiger partial charge >= 0.3 is 5.97 Å². The molecular weight excluding hydrogens is 304 g/mol. The Labute approximate surface area is 143 Å². The van der Waals surface area contributed by atoms with Crippen LogP contribution in [0.5, 0.6) is 0 Å².